The lowest BCUT2D eigenvalue weighted by Crippen LogP contribution is -2.45. The lowest BCUT2D eigenvalue weighted by atomic mass is 9.97. The average Bonchev–Trinajstić information content (AvgIpc) is 2.53. The first-order valence-electron chi connectivity index (χ1n) is 7.09. The van der Waals surface area contributed by atoms with Crippen LogP contribution in [-0.4, -0.2) is 42.2 Å². The van der Waals surface area contributed by atoms with Gasteiger partial charge in [0.1, 0.15) is 5.75 Å². The van der Waals surface area contributed by atoms with Gasteiger partial charge in [-0.1, -0.05) is 17.7 Å². The predicted octanol–water partition coefficient (Wildman–Crippen LogP) is 2.35. The second-order valence-corrected chi connectivity index (χ2v) is 5.65. The number of carbonyl (C=O) groups is 2. The Morgan fingerprint density at radius 2 is 2.09 bits per heavy atom. The zero-order valence-corrected chi connectivity index (χ0v) is 13.1. The Hall–Kier alpha value is -1.95. The minimum Gasteiger partial charge on any atom is -0.496 e. The summed E-state index contributed by atoms with van der Waals surface area (Å²) >= 11 is 5.90. The largest absolute Gasteiger partial charge is 0.496 e. The van der Waals surface area contributed by atoms with Crippen LogP contribution < -0.4 is 10.1 Å². The molecule has 0 saturated carbocycles. The van der Waals surface area contributed by atoms with Crippen LogP contribution in [0, 0.1) is 5.92 Å². The number of hydrogen-bond acceptors (Lipinski definition) is 3. The number of carboxylic acid groups (broad SMARTS) is 1. The molecule has 1 aliphatic heterocycles. The zero-order valence-electron chi connectivity index (χ0n) is 12.3. The molecule has 1 aromatic carbocycles. The molecule has 0 unspecified atom stereocenters. The molecule has 1 fully saturated rings. The van der Waals surface area contributed by atoms with E-state index in [1.807, 2.05) is 0 Å². The Bertz CT molecular complexity index is 556. The highest BCUT2D eigenvalue weighted by Gasteiger charge is 2.26. The Morgan fingerprint density at radius 3 is 2.68 bits per heavy atom. The molecule has 1 saturated heterocycles. The highest BCUT2D eigenvalue weighted by Crippen LogP contribution is 2.23. The molecular formula is C15H19ClN2O4. The summed E-state index contributed by atoms with van der Waals surface area (Å²) in [6.07, 6.45) is 0.986. The lowest BCUT2D eigenvalue weighted by molar-refractivity contribution is -0.143. The lowest BCUT2D eigenvalue weighted by Gasteiger charge is -2.30. The molecule has 120 valence electrons. The molecule has 0 bridgehead atoms. The SMILES string of the molecule is COc1cc(Cl)ccc1CNC(=O)N1CCC(C(=O)O)CC1. The number of amides is 2. The molecule has 1 aliphatic rings. The number of hydrogen-bond donors (Lipinski definition) is 2. The number of carboxylic acids is 1. The normalized spacial score (nSPS) is 15.5. The number of nitrogens with zero attached hydrogens (tertiary/aromatic N) is 1. The van der Waals surface area contributed by atoms with Gasteiger partial charge in [0, 0.05) is 30.2 Å². The maximum atomic E-state index is 12.1. The average molecular weight is 327 g/mol. The number of methoxy groups -OCH3 is 1. The van der Waals surface area contributed by atoms with Gasteiger partial charge < -0.3 is 20.1 Å². The van der Waals surface area contributed by atoms with Gasteiger partial charge in [0.25, 0.3) is 0 Å². The fraction of sp³-hybridized carbons (Fsp3) is 0.467. The first-order valence-corrected chi connectivity index (χ1v) is 7.47. The van der Waals surface area contributed by atoms with Gasteiger partial charge in [-0.2, -0.15) is 0 Å². The summed E-state index contributed by atoms with van der Waals surface area (Å²) in [6, 6.07) is 5.05. The number of rotatable bonds is 4. The number of halogens is 1. The molecule has 2 rings (SSSR count). The standard InChI is InChI=1S/C15H19ClN2O4/c1-22-13-8-12(16)3-2-11(13)9-17-15(21)18-6-4-10(5-7-18)14(19)20/h2-3,8,10H,4-7,9H2,1H3,(H,17,21)(H,19,20). The first-order chi connectivity index (χ1) is 10.5. The van der Waals surface area contributed by atoms with E-state index in [0.29, 0.717) is 43.2 Å². The number of ether oxygens (including phenoxy) is 1. The number of piperidine rings is 1. The van der Waals surface area contributed by atoms with Gasteiger partial charge in [-0.25, -0.2) is 4.79 Å². The number of nitrogens with one attached hydrogen (secondary N) is 1. The van der Waals surface area contributed by atoms with E-state index < -0.39 is 5.97 Å². The molecule has 2 amide bonds. The summed E-state index contributed by atoms with van der Waals surface area (Å²) in [7, 11) is 1.55. The summed E-state index contributed by atoms with van der Waals surface area (Å²) in [4.78, 5) is 24.7. The third kappa shape index (κ3) is 4.04. The quantitative estimate of drug-likeness (QED) is 0.890. The molecule has 6 nitrogen and oxygen atoms in total. The van der Waals surface area contributed by atoms with E-state index >= 15 is 0 Å². The Labute approximate surface area is 134 Å². The molecular weight excluding hydrogens is 308 g/mol. The smallest absolute Gasteiger partial charge is 0.317 e. The minimum absolute atomic E-state index is 0.194. The van der Waals surface area contributed by atoms with Gasteiger partial charge in [0.15, 0.2) is 0 Å². The highest BCUT2D eigenvalue weighted by molar-refractivity contribution is 6.30. The number of aliphatic carboxylic acids is 1. The van der Waals surface area contributed by atoms with E-state index in [4.69, 9.17) is 21.4 Å². The van der Waals surface area contributed by atoms with Gasteiger partial charge in [0.2, 0.25) is 0 Å². The molecule has 22 heavy (non-hydrogen) atoms. The van der Waals surface area contributed by atoms with Crippen molar-refractivity contribution in [3.63, 3.8) is 0 Å². The van der Waals surface area contributed by atoms with Crippen molar-refractivity contribution in [3.05, 3.63) is 28.8 Å². The van der Waals surface area contributed by atoms with E-state index in [9.17, 15) is 9.59 Å². The van der Waals surface area contributed by atoms with Crippen LogP contribution in [0.15, 0.2) is 18.2 Å². The maximum absolute atomic E-state index is 12.1. The monoisotopic (exact) mass is 326 g/mol. The van der Waals surface area contributed by atoms with Crippen molar-refractivity contribution in [2.45, 2.75) is 19.4 Å². The molecule has 2 N–H and O–H groups in total. The van der Waals surface area contributed by atoms with E-state index in [1.54, 1.807) is 30.2 Å². The van der Waals surface area contributed by atoms with Crippen LogP contribution in [0.5, 0.6) is 5.75 Å². The molecule has 0 aliphatic carbocycles. The van der Waals surface area contributed by atoms with Crippen LogP contribution in [0.25, 0.3) is 0 Å². The molecule has 1 heterocycles. The van der Waals surface area contributed by atoms with Crippen LogP contribution >= 0.6 is 11.6 Å². The van der Waals surface area contributed by atoms with Crippen molar-refractivity contribution in [2.75, 3.05) is 20.2 Å². The van der Waals surface area contributed by atoms with Crippen LogP contribution in [-0.2, 0) is 11.3 Å². The number of urea groups is 1. The first kappa shape index (κ1) is 16.4. The summed E-state index contributed by atoms with van der Waals surface area (Å²) in [5, 5.41) is 12.3. The number of carbonyl (C=O) groups excluding carboxylic acids is 1. The molecule has 0 spiro atoms. The molecule has 0 radical (unpaired) electrons. The zero-order chi connectivity index (χ0) is 16.1. The fourth-order valence-corrected chi connectivity index (χ4v) is 2.64. The molecule has 1 aromatic rings. The van der Waals surface area contributed by atoms with E-state index in [0.717, 1.165) is 5.56 Å². The minimum atomic E-state index is -0.786. The van der Waals surface area contributed by atoms with Crippen molar-refractivity contribution in [2.24, 2.45) is 5.92 Å². The van der Waals surface area contributed by atoms with Crippen LogP contribution in [0.3, 0.4) is 0 Å². The van der Waals surface area contributed by atoms with Crippen molar-refractivity contribution < 1.29 is 19.4 Å². The summed E-state index contributed by atoms with van der Waals surface area (Å²) in [5.41, 5.74) is 0.834. The topological polar surface area (TPSA) is 78.9 Å². The van der Waals surface area contributed by atoms with Gasteiger partial charge in [-0.05, 0) is 25.0 Å². The third-order valence-electron chi connectivity index (χ3n) is 3.81. The fourth-order valence-electron chi connectivity index (χ4n) is 2.48. The molecule has 0 aromatic heterocycles. The van der Waals surface area contributed by atoms with Crippen molar-refractivity contribution >= 4 is 23.6 Å². The van der Waals surface area contributed by atoms with Crippen molar-refractivity contribution in [3.8, 4) is 5.75 Å². The van der Waals surface area contributed by atoms with E-state index in [-0.39, 0.29) is 11.9 Å². The van der Waals surface area contributed by atoms with Gasteiger partial charge in [0.05, 0.1) is 13.0 Å². The van der Waals surface area contributed by atoms with Crippen LogP contribution in [0.1, 0.15) is 18.4 Å². The Kier molecular flexibility index (Phi) is 5.49. The summed E-state index contributed by atoms with van der Waals surface area (Å²) < 4.78 is 5.23. The van der Waals surface area contributed by atoms with E-state index in [2.05, 4.69) is 5.32 Å². The second kappa shape index (κ2) is 7.35. The van der Waals surface area contributed by atoms with Crippen LogP contribution in [0.4, 0.5) is 4.79 Å². The Morgan fingerprint density at radius 1 is 1.41 bits per heavy atom. The summed E-state index contributed by atoms with van der Waals surface area (Å²) in [6.45, 7) is 1.25. The van der Waals surface area contributed by atoms with E-state index in [1.165, 1.54) is 0 Å². The molecule has 7 heteroatoms. The van der Waals surface area contributed by atoms with Crippen molar-refractivity contribution in [1.29, 1.82) is 0 Å². The van der Waals surface area contributed by atoms with Gasteiger partial charge in [-0.3, -0.25) is 4.79 Å². The molecule has 0 atom stereocenters. The third-order valence-corrected chi connectivity index (χ3v) is 4.05. The summed E-state index contributed by atoms with van der Waals surface area (Å²) in [5.74, 6) is -0.510. The van der Waals surface area contributed by atoms with Gasteiger partial charge in [-0.15, -0.1) is 0 Å². The Balaban J connectivity index is 1.87. The van der Waals surface area contributed by atoms with Crippen molar-refractivity contribution in [1.82, 2.24) is 10.2 Å². The maximum Gasteiger partial charge on any atom is 0.317 e. The van der Waals surface area contributed by atoms with Gasteiger partial charge >= 0.3 is 12.0 Å². The van der Waals surface area contributed by atoms with Crippen LogP contribution in [0.2, 0.25) is 5.02 Å². The number of benzene rings is 1. The second-order valence-electron chi connectivity index (χ2n) is 5.21. The predicted molar refractivity (Wildman–Crippen MR) is 82.2 cm³/mol. The number of likely N-dealkylation sites (tertiary alicyclic amines) is 1. The highest BCUT2D eigenvalue weighted by atomic mass is 35.5.